The maximum atomic E-state index is 13.3. The lowest BCUT2D eigenvalue weighted by Gasteiger charge is -2.29. The van der Waals surface area contributed by atoms with E-state index in [2.05, 4.69) is 26.0 Å². The van der Waals surface area contributed by atoms with Crippen LogP contribution in [0.15, 0.2) is 35.4 Å². The lowest BCUT2D eigenvalue weighted by atomic mass is 9.92. The fraction of sp³-hybridized carbons (Fsp3) is 0.500. The summed E-state index contributed by atoms with van der Waals surface area (Å²) in [5.74, 6) is 0.942. The second-order valence-corrected chi connectivity index (χ2v) is 9.10. The van der Waals surface area contributed by atoms with Crippen LogP contribution in [0.3, 0.4) is 0 Å². The van der Waals surface area contributed by atoms with Gasteiger partial charge in [0.15, 0.2) is 5.65 Å². The normalized spacial score (nSPS) is 20.6. The first-order valence-corrected chi connectivity index (χ1v) is 12.0. The molecular formula is C24H31N7O3. The zero-order valence-electron chi connectivity index (χ0n) is 19.6. The van der Waals surface area contributed by atoms with Crippen molar-refractivity contribution >= 4 is 28.9 Å². The van der Waals surface area contributed by atoms with Crippen LogP contribution in [0.2, 0.25) is 0 Å². The molecule has 0 aromatic carbocycles. The van der Waals surface area contributed by atoms with Crippen LogP contribution in [0.25, 0.3) is 5.65 Å². The molecule has 10 nitrogen and oxygen atoms in total. The number of rotatable bonds is 7. The molecule has 2 fully saturated rings. The van der Waals surface area contributed by atoms with Crippen LogP contribution in [0.4, 0.5) is 17.3 Å². The number of carbonyl (C=O) groups excluding carboxylic acids is 1. The minimum Gasteiger partial charge on any atom is -0.381 e. The summed E-state index contributed by atoms with van der Waals surface area (Å²) in [6.07, 6.45) is 10.5. The summed E-state index contributed by atoms with van der Waals surface area (Å²) in [6.45, 7) is 0. The molecule has 34 heavy (non-hydrogen) atoms. The third-order valence-electron chi connectivity index (χ3n) is 7.02. The monoisotopic (exact) mass is 465 g/mol. The topological polar surface area (TPSA) is 115 Å². The molecule has 3 N–H and O–H groups in total. The van der Waals surface area contributed by atoms with E-state index in [0.717, 1.165) is 44.9 Å². The van der Waals surface area contributed by atoms with E-state index in [1.54, 1.807) is 30.8 Å². The van der Waals surface area contributed by atoms with Gasteiger partial charge in [-0.3, -0.25) is 9.59 Å². The Balaban J connectivity index is 1.43. The van der Waals surface area contributed by atoms with Crippen molar-refractivity contribution in [2.24, 2.45) is 0 Å². The summed E-state index contributed by atoms with van der Waals surface area (Å²) in [5, 5.41) is 13.7. The van der Waals surface area contributed by atoms with Gasteiger partial charge in [0.05, 0.1) is 12.3 Å². The third kappa shape index (κ3) is 4.25. The van der Waals surface area contributed by atoms with Gasteiger partial charge >= 0.3 is 0 Å². The number of ether oxygens (including phenoxy) is 1. The Hall–Kier alpha value is -3.40. The van der Waals surface area contributed by atoms with Crippen LogP contribution >= 0.6 is 0 Å². The van der Waals surface area contributed by atoms with Crippen LogP contribution in [0, 0.1) is 0 Å². The first kappa shape index (κ1) is 22.4. The first-order chi connectivity index (χ1) is 16.6. The molecule has 180 valence electrons. The van der Waals surface area contributed by atoms with E-state index in [1.807, 2.05) is 16.8 Å². The third-order valence-corrected chi connectivity index (χ3v) is 7.02. The minimum absolute atomic E-state index is 0.0903. The zero-order valence-corrected chi connectivity index (χ0v) is 19.6. The van der Waals surface area contributed by atoms with Gasteiger partial charge in [0.2, 0.25) is 0 Å². The highest BCUT2D eigenvalue weighted by Crippen LogP contribution is 2.29. The maximum absolute atomic E-state index is 13.3. The molecule has 10 heteroatoms. The Kier molecular flexibility index (Phi) is 6.23. The maximum Gasteiger partial charge on any atom is 0.274 e. The van der Waals surface area contributed by atoms with Gasteiger partial charge in [0, 0.05) is 38.5 Å². The molecule has 5 rings (SSSR count). The molecule has 0 radical (unpaired) electrons. The van der Waals surface area contributed by atoms with Crippen LogP contribution in [-0.4, -0.2) is 51.4 Å². The standard InChI is InChI=1S/C24H31N7O3/c1-25-21-13-20(29-22-18(14-26-31(21)22)23(32)27-15-5-3-6-15)28-19-7-4-12-30(24(19)33)16-8-10-17(34-2)11-9-16/h4,7,12-17,25H,3,5-6,8-11H2,1-2H3,(H,27,32)(H,28,29). The Morgan fingerprint density at radius 1 is 1.18 bits per heavy atom. The molecule has 0 saturated heterocycles. The molecule has 2 saturated carbocycles. The molecule has 0 bridgehead atoms. The number of hydrogen-bond donors (Lipinski definition) is 3. The fourth-order valence-corrected chi connectivity index (χ4v) is 4.77. The molecule has 0 unspecified atom stereocenters. The highest BCUT2D eigenvalue weighted by molar-refractivity contribution is 6.00. The quantitative estimate of drug-likeness (QED) is 0.491. The Morgan fingerprint density at radius 2 is 1.97 bits per heavy atom. The van der Waals surface area contributed by atoms with Crippen molar-refractivity contribution in [1.82, 2.24) is 24.5 Å². The second-order valence-electron chi connectivity index (χ2n) is 9.10. The van der Waals surface area contributed by atoms with Crippen molar-refractivity contribution in [2.75, 3.05) is 24.8 Å². The van der Waals surface area contributed by atoms with Gasteiger partial charge in [-0.05, 0) is 57.1 Å². The van der Waals surface area contributed by atoms with Crippen molar-refractivity contribution in [2.45, 2.75) is 63.1 Å². The number of pyridine rings is 1. The molecule has 2 aliphatic rings. The van der Waals surface area contributed by atoms with E-state index in [-0.39, 0.29) is 29.7 Å². The number of nitrogens with zero attached hydrogens (tertiary/aromatic N) is 4. The molecule has 2 aliphatic carbocycles. The molecular weight excluding hydrogens is 434 g/mol. The summed E-state index contributed by atoms with van der Waals surface area (Å²) < 4.78 is 8.87. The Bertz CT molecular complexity index is 1240. The number of methoxy groups -OCH3 is 1. The molecule has 3 heterocycles. The number of aromatic nitrogens is 4. The summed E-state index contributed by atoms with van der Waals surface area (Å²) in [4.78, 5) is 30.7. The van der Waals surface area contributed by atoms with Gasteiger partial charge in [-0.15, -0.1) is 0 Å². The number of amides is 1. The smallest absolute Gasteiger partial charge is 0.274 e. The Labute approximate surface area is 197 Å². The van der Waals surface area contributed by atoms with E-state index >= 15 is 0 Å². The Morgan fingerprint density at radius 3 is 2.65 bits per heavy atom. The number of nitrogens with one attached hydrogen (secondary N) is 3. The number of anilines is 3. The summed E-state index contributed by atoms with van der Waals surface area (Å²) >= 11 is 0. The lowest BCUT2D eigenvalue weighted by molar-refractivity contribution is 0.0580. The van der Waals surface area contributed by atoms with E-state index in [4.69, 9.17) is 4.74 Å². The molecule has 0 spiro atoms. The predicted molar refractivity (Wildman–Crippen MR) is 130 cm³/mol. The minimum atomic E-state index is -0.180. The number of carbonyl (C=O) groups is 1. The van der Waals surface area contributed by atoms with Crippen LogP contribution in [0.5, 0.6) is 0 Å². The predicted octanol–water partition coefficient (Wildman–Crippen LogP) is 3.09. The van der Waals surface area contributed by atoms with Gasteiger partial charge in [-0.2, -0.15) is 9.61 Å². The van der Waals surface area contributed by atoms with Crippen molar-refractivity contribution in [1.29, 1.82) is 0 Å². The first-order valence-electron chi connectivity index (χ1n) is 12.0. The van der Waals surface area contributed by atoms with E-state index in [9.17, 15) is 9.59 Å². The van der Waals surface area contributed by atoms with E-state index in [0.29, 0.717) is 28.5 Å². The second kappa shape index (κ2) is 9.46. The highest BCUT2D eigenvalue weighted by atomic mass is 16.5. The van der Waals surface area contributed by atoms with E-state index in [1.165, 1.54) is 6.20 Å². The van der Waals surface area contributed by atoms with Gasteiger partial charge < -0.3 is 25.3 Å². The van der Waals surface area contributed by atoms with Gasteiger partial charge in [-0.25, -0.2) is 4.98 Å². The summed E-state index contributed by atoms with van der Waals surface area (Å²) in [5.41, 5.74) is 1.19. The molecule has 0 atom stereocenters. The van der Waals surface area contributed by atoms with Crippen LogP contribution < -0.4 is 21.5 Å². The van der Waals surface area contributed by atoms with Gasteiger partial charge in [0.25, 0.3) is 11.5 Å². The van der Waals surface area contributed by atoms with Gasteiger partial charge in [0.1, 0.15) is 22.9 Å². The molecule has 3 aromatic rings. The average molecular weight is 466 g/mol. The van der Waals surface area contributed by atoms with Crippen LogP contribution in [-0.2, 0) is 4.74 Å². The summed E-state index contributed by atoms with van der Waals surface area (Å²) in [7, 11) is 3.52. The summed E-state index contributed by atoms with van der Waals surface area (Å²) in [6, 6.07) is 5.77. The SMILES string of the molecule is CNc1cc(Nc2cccn(C3CCC(OC)CC3)c2=O)nc2c(C(=O)NC3CCC3)cnn12. The largest absolute Gasteiger partial charge is 0.381 e. The fourth-order valence-electron chi connectivity index (χ4n) is 4.77. The lowest BCUT2D eigenvalue weighted by Crippen LogP contribution is -2.39. The average Bonchev–Trinajstić information content (AvgIpc) is 3.26. The molecule has 0 aliphatic heterocycles. The van der Waals surface area contributed by atoms with Crippen molar-refractivity contribution in [3.05, 3.63) is 46.5 Å². The van der Waals surface area contributed by atoms with Crippen molar-refractivity contribution < 1.29 is 9.53 Å². The van der Waals surface area contributed by atoms with Gasteiger partial charge in [-0.1, -0.05) is 0 Å². The number of fused-ring (bicyclic) bond motifs is 1. The van der Waals surface area contributed by atoms with E-state index < -0.39 is 0 Å². The number of hydrogen-bond acceptors (Lipinski definition) is 7. The molecule has 1 amide bonds. The van der Waals surface area contributed by atoms with Crippen molar-refractivity contribution in [3.63, 3.8) is 0 Å². The highest BCUT2D eigenvalue weighted by Gasteiger charge is 2.25. The van der Waals surface area contributed by atoms with Crippen LogP contribution in [0.1, 0.15) is 61.3 Å². The zero-order chi connectivity index (χ0) is 23.7. The van der Waals surface area contributed by atoms with Crippen molar-refractivity contribution in [3.8, 4) is 0 Å². The molecule has 3 aromatic heterocycles.